The Bertz CT molecular complexity index is 667. The standard InChI is InChI=1S/C21H28FNO2S/c1-15(2)12-14-23-13-4-5-19(21(24)25)20(23)26-16(3)6-7-17-8-10-18(22)11-9-17/h4-5,8-11,15-16H,6-7,12-14H2,1-3H3,(H,24,25). The molecule has 0 saturated carbocycles. The molecule has 0 radical (unpaired) electrons. The van der Waals surface area contributed by atoms with E-state index in [1.165, 1.54) is 12.1 Å². The van der Waals surface area contributed by atoms with Crippen molar-refractivity contribution in [2.45, 2.75) is 45.3 Å². The first-order valence-corrected chi connectivity index (χ1v) is 10.0. The second-order valence-corrected chi connectivity index (χ2v) is 8.58. The molecule has 3 nitrogen and oxygen atoms in total. The number of aryl methyl sites for hydroxylation is 1. The number of carbonyl (C=O) groups is 1. The summed E-state index contributed by atoms with van der Waals surface area (Å²) >= 11 is 1.64. The summed E-state index contributed by atoms with van der Waals surface area (Å²) in [5.74, 6) is -0.512. The maximum Gasteiger partial charge on any atom is 0.338 e. The minimum atomic E-state index is -0.872. The molecule has 26 heavy (non-hydrogen) atoms. The quantitative estimate of drug-likeness (QED) is 0.650. The highest BCUT2D eigenvalue weighted by molar-refractivity contribution is 8.03. The number of carboxylic acids is 1. The van der Waals surface area contributed by atoms with E-state index in [-0.39, 0.29) is 11.1 Å². The Balaban J connectivity index is 2.03. The van der Waals surface area contributed by atoms with Gasteiger partial charge in [0.05, 0.1) is 10.6 Å². The fourth-order valence-electron chi connectivity index (χ4n) is 2.80. The summed E-state index contributed by atoms with van der Waals surface area (Å²) in [6.07, 6.45) is 6.45. The lowest BCUT2D eigenvalue weighted by Gasteiger charge is -2.31. The average Bonchev–Trinajstić information content (AvgIpc) is 2.60. The molecule has 1 N–H and O–H groups in total. The summed E-state index contributed by atoms with van der Waals surface area (Å²) in [6.45, 7) is 8.11. The van der Waals surface area contributed by atoms with Crippen LogP contribution in [-0.2, 0) is 11.2 Å². The first kappa shape index (κ1) is 20.6. The van der Waals surface area contributed by atoms with Crippen LogP contribution in [0.1, 0.15) is 39.2 Å². The third-order valence-electron chi connectivity index (χ3n) is 4.40. The predicted molar refractivity (Wildman–Crippen MR) is 107 cm³/mol. The van der Waals surface area contributed by atoms with Crippen LogP contribution in [0.2, 0.25) is 0 Å². The van der Waals surface area contributed by atoms with Gasteiger partial charge in [0.2, 0.25) is 0 Å². The van der Waals surface area contributed by atoms with Crippen LogP contribution < -0.4 is 0 Å². The molecule has 0 fully saturated rings. The normalized spacial score (nSPS) is 15.7. The van der Waals surface area contributed by atoms with E-state index >= 15 is 0 Å². The van der Waals surface area contributed by atoms with Crippen molar-refractivity contribution in [2.24, 2.45) is 5.92 Å². The van der Waals surface area contributed by atoms with Gasteiger partial charge in [0, 0.05) is 18.3 Å². The van der Waals surface area contributed by atoms with Crippen LogP contribution in [-0.4, -0.2) is 34.3 Å². The maximum absolute atomic E-state index is 13.0. The van der Waals surface area contributed by atoms with Crippen LogP contribution in [0.4, 0.5) is 4.39 Å². The largest absolute Gasteiger partial charge is 0.478 e. The Kier molecular flexibility index (Phi) is 7.76. The van der Waals surface area contributed by atoms with Crippen molar-refractivity contribution in [3.05, 3.63) is 58.4 Å². The molecule has 0 aliphatic carbocycles. The summed E-state index contributed by atoms with van der Waals surface area (Å²) in [6, 6.07) is 6.59. The van der Waals surface area contributed by atoms with E-state index in [1.54, 1.807) is 17.8 Å². The van der Waals surface area contributed by atoms with Crippen molar-refractivity contribution >= 4 is 17.7 Å². The van der Waals surface area contributed by atoms with Gasteiger partial charge in [-0.2, -0.15) is 0 Å². The second kappa shape index (κ2) is 9.81. The molecule has 0 spiro atoms. The van der Waals surface area contributed by atoms with Crippen molar-refractivity contribution in [3.8, 4) is 0 Å². The number of aliphatic carboxylic acids is 1. The topological polar surface area (TPSA) is 40.5 Å². The van der Waals surface area contributed by atoms with E-state index in [0.29, 0.717) is 11.5 Å². The smallest absolute Gasteiger partial charge is 0.338 e. The summed E-state index contributed by atoms with van der Waals surface area (Å²) in [7, 11) is 0. The second-order valence-electron chi connectivity index (χ2n) is 7.15. The number of thioether (sulfide) groups is 1. The Hall–Kier alpha value is -1.75. The molecule has 0 saturated heterocycles. The lowest BCUT2D eigenvalue weighted by molar-refractivity contribution is -0.132. The predicted octanol–water partition coefficient (Wildman–Crippen LogP) is 5.09. The highest BCUT2D eigenvalue weighted by Crippen LogP contribution is 2.33. The summed E-state index contributed by atoms with van der Waals surface area (Å²) < 4.78 is 13.0. The third kappa shape index (κ3) is 6.20. The molecule has 0 bridgehead atoms. The molecule has 1 aliphatic heterocycles. The van der Waals surface area contributed by atoms with Gasteiger partial charge in [-0.15, -0.1) is 11.8 Å². The van der Waals surface area contributed by atoms with Crippen molar-refractivity contribution in [2.75, 3.05) is 13.1 Å². The molecule has 1 aromatic rings. The number of benzene rings is 1. The van der Waals surface area contributed by atoms with Crippen molar-refractivity contribution < 1.29 is 14.3 Å². The molecule has 1 aromatic carbocycles. The molecule has 0 aromatic heterocycles. The number of rotatable bonds is 9. The maximum atomic E-state index is 13.0. The Morgan fingerprint density at radius 2 is 1.92 bits per heavy atom. The van der Waals surface area contributed by atoms with Gasteiger partial charge in [-0.1, -0.05) is 39.0 Å². The van der Waals surface area contributed by atoms with Gasteiger partial charge in [0.1, 0.15) is 5.82 Å². The monoisotopic (exact) mass is 377 g/mol. The highest BCUT2D eigenvalue weighted by atomic mass is 32.2. The molecular formula is C21H28FNO2S. The number of hydrogen-bond donors (Lipinski definition) is 1. The SMILES string of the molecule is CC(C)CCN1CC=CC(C(=O)O)=C1SC(C)CCc1ccc(F)cc1. The molecule has 1 unspecified atom stereocenters. The highest BCUT2D eigenvalue weighted by Gasteiger charge is 2.23. The molecule has 142 valence electrons. The van der Waals surface area contributed by atoms with Crippen LogP contribution in [0.25, 0.3) is 0 Å². The first-order valence-electron chi connectivity index (χ1n) is 9.17. The van der Waals surface area contributed by atoms with Crippen LogP contribution in [0.15, 0.2) is 47.0 Å². The van der Waals surface area contributed by atoms with E-state index in [1.807, 2.05) is 18.2 Å². The van der Waals surface area contributed by atoms with E-state index in [2.05, 4.69) is 25.7 Å². The summed E-state index contributed by atoms with van der Waals surface area (Å²) in [5.41, 5.74) is 1.49. The van der Waals surface area contributed by atoms with Crippen molar-refractivity contribution in [1.29, 1.82) is 0 Å². The molecule has 2 rings (SSSR count). The Labute approximate surface area is 160 Å². The zero-order valence-corrected chi connectivity index (χ0v) is 16.6. The molecule has 1 heterocycles. The zero-order chi connectivity index (χ0) is 19.1. The van der Waals surface area contributed by atoms with Gasteiger partial charge in [0.15, 0.2) is 0 Å². The lowest BCUT2D eigenvalue weighted by atomic mass is 10.1. The van der Waals surface area contributed by atoms with Gasteiger partial charge >= 0.3 is 5.97 Å². The lowest BCUT2D eigenvalue weighted by Crippen LogP contribution is -2.29. The molecule has 1 aliphatic rings. The summed E-state index contributed by atoms with van der Waals surface area (Å²) in [5, 5.41) is 10.7. The number of nitrogens with zero attached hydrogens (tertiary/aromatic N) is 1. The van der Waals surface area contributed by atoms with E-state index < -0.39 is 5.97 Å². The number of carboxylic acid groups (broad SMARTS) is 1. The van der Waals surface area contributed by atoms with Crippen LogP contribution in [0, 0.1) is 11.7 Å². The third-order valence-corrected chi connectivity index (χ3v) is 5.74. The summed E-state index contributed by atoms with van der Waals surface area (Å²) in [4.78, 5) is 13.8. The van der Waals surface area contributed by atoms with Gasteiger partial charge in [-0.3, -0.25) is 0 Å². The van der Waals surface area contributed by atoms with Crippen LogP contribution in [0.5, 0.6) is 0 Å². The fraction of sp³-hybridized carbons (Fsp3) is 0.476. The van der Waals surface area contributed by atoms with Crippen molar-refractivity contribution in [1.82, 2.24) is 4.90 Å². The fourth-order valence-corrected chi connectivity index (χ4v) is 4.01. The van der Waals surface area contributed by atoms with Gasteiger partial charge in [-0.25, -0.2) is 9.18 Å². The molecule has 1 atom stereocenters. The molecular weight excluding hydrogens is 349 g/mol. The Morgan fingerprint density at radius 3 is 2.54 bits per heavy atom. The zero-order valence-electron chi connectivity index (χ0n) is 15.7. The molecule has 0 amide bonds. The average molecular weight is 378 g/mol. The van der Waals surface area contributed by atoms with Gasteiger partial charge in [-0.05, 0) is 49.0 Å². The van der Waals surface area contributed by atoms with Crippen molar-refractivity contribution in [3.63, 3.8) is 0 Å². The van der Waals surface area contributed by atoms with E-state index in [4.69, 9.17) is 0 Å². The van der Waals surface area contributed by atoms with E-state index in [9.17, 15) is 14.3 Å². The minimum absolute atomic E-state index is 0.220. The number of halogens is 1. The van der Waals surface area contributed by atoms with Gasteiger partial charge < -0.3 is 10.0 Å². The first-order chi connectivity index (χ1) is 12.4. The number of hydrogen-bond acceptors (Lipinski definition) is 3. The van der Waals surface area contributed by atoms with Crippen LogP contribution >= 0.6 is 11.8 Å². The van der Waals surface area contributed by atoms with E-state index in [0.717, 1.165) is 42.9 Å². The minimum Gasteiger partial charge on any atom is -0.478 e. The Morgan fingerprint density at radius 1 is 1.23 bits per heavy atom. The van der Waals surface area contributed by atoms with Gasteiger partial charge in [0.25, 0.3) is 0 Å². The molecule has 5 heteroatoms. The van der Waals surface area contributed by atoms with Crippen LogP contribution in [0.3, 0.4) is 0 Å².